The van der Waals surface area contributed by atoms with E-state index in [1.165, 1.54) is 0 Å². The van der Waals surface area contributed by atoms with E-state index in [9.17, 15) is 10.2 Å². The summed E-state index contributed by atoms with van der Waals surface area (Å²) in [4.78, 5) is 0. The Labute approximate surface area is 66.7 Å². The van der Waals surface area contributed by atoms with E-state index in [2.05, 4.69) is 0 Å². The lowest BCUT2D eigenvalue weighted by molar-refractivity contribution is -0.0561. The molecular weight excluding hydrogens is 144 g/mol. The fraction of sp³-hybridized carbons (Fsp3) is 1.00. The van der Waals surface area contributed by atoms with E-state index < -0.39 is 11.7 Å². The predicted octanol–water partition coefficient (Wildman–Crippen LogP) is -0.109. The van der Waals surface area contributed by atoms with E-state index in [0.717, 1.165) is 32.8 Å². The molecule has 2 bridgehead atoms. The molecule has 2 saturated carbocycles. The van der Waals surface area contributed by atoms with Crippen LogP contribution in [0.25, 0.3) is 0 Å². The minimum atomic E-state index is -0.676. The minimum absolute atomic E-state index is 0.420. The van der Waals surface area contributed by atoms with Crippen molar-refractivity contribution >= 4 is 0 Å². The van der Waals surface area contributed by atoms with Crippen LogP contribution < -0.4 is 0 Å². The Morgan fingerprint density at radius 1 is 1.36 bits per heavy atom. The van der Waals surface area contributed by atoms with Gasteiger partial charge < -0.3 is 15.3 Å². The van der Waals surface area contributed by atoms with Gasteiger partial charge in [-0.25, -0.2) is 0 Å². The number of aliphatic hydroxyl groups excluding tert-OH is 2. The van der Waals surface area contributed by atoms with Crippen LogP contribution in [0.3, 0.4) is 0 Å². The molecule has 3 N–H and O–H groups in total. The first-order valence-electron chi connectivity index (χ1n) is 4.06. The van der Waals surface area contributed by atoms with Gasteiger partial charge in [-0.3, -0.25) is 0 Å². The molecule has 11 heavy (non-hydrogen) atoms. The average Bonchev–Trinajstić information content (AvgIpc) is 2.48. The third-order valence-corrected chi connectivity index (χ3v) is 2.80. The molecule has 2 aliphatic carbocycles. The van der Waals surface area contributed by atoms with Gasteiger partial charge in [-0.1, -0.05) is 0 Å². The summed E-state index contributed by atoms with van der Waals surface area (Å²) in [5.41, 5.74) is -0.676. The molecule has 0 aliphatic heterocycles. The second-order valence-electron chi connectivity index (χ2n) is 3.46. The van der Waals surface area contributed by atoms with Crippen LogP contribution in [0.15, 0.2) is 0 Å². The lowest BCUT2D eigenvalue weighted by Crippen LogP contribution is -2.36. The molecule has 3 unspecified atom stereocenters. The first-order chi connectivity index (χ1) is 5.21. The van der Waals surface area contributed by atoms with E-state index in [0.29, 0.717) is 5.92 Å². The van der Waals surface area contributed by atoms with Gasteiger partial charge in [0.1, 0.15) is 0 Å². The minimum Gasteiger partial charge on any atom is -0.400 e. The quantitative estimate of drug-likeness (QED) is 0.463. The Hall–Kier alpha value is -0.120. The van der Waals surface area contributed by atoms with E-state index in [-0.39, 0.29) is 0 Å². The van der Waals surface area contributed by atoms with Crippen molar-refractivity contribution < 1.29 is 15.3 Å². The zero-order chi connectivity index (χ0) is 8.48. The first kappa shape index (κ1) is 8.97. The number of hydrogen-bond acceptors (Lipinski definition) is 3. The zero-order valence-electron chi connectivity index (χ0n) is 6.82. The third kappa shape index (κ3) is 1.41. The van der Waals surface area contributed by atoms with Gasteiger partial charge in [0.25, 0.3) is 0 Å². The molecule has 2 aliphatic rings. The molecule has 0 aromatic carbocycles. The van der Waals surface area contributed by atoms with Crippen molar-refractivity contribution in [3.05, 3.63) is 0 Å². The molecule has 0 aromatic heterocycles. The van der Waals surface area contributed by atoms with Crippen molar-refractivity contribution in [2.75, 3.05) is 7.11 Å². The van der Waals surface area contributed by atoms with Crippen LogP contribution in [0.2, 0.25) is 0 Å². The number of aliphatic hydroxyl groups is 3. The Morgan fingerprint density at radius 3 is 2.18 bits per heavy atom. The van der Waals surface area contributed by atoms with Crippen LogP contribution in [0.1, 0.15) is 25.7 Å². The third-order valence-electron chi connectivity index (χ3n) is 2.80. The van der Waals surface area contributed by atoms with Gasteiger partial charge >= 0.3 is 0 Å². The van der Waals surface area contributed by atoms with Crippen LogP contribution in [-0.2, 0) is 0 Å². The van der Waals surface area contributed by atoms with Crippen molar-refractivity contribution in [3.8, 4) is 0 Å². The first-order valence-corrected chi connectivity index (χ1v) is 4.06. The molecule has 3 atom stereocenters. The fourth-order valence-electron chi connectivity index (χ4n) is 2.20. The molecule has 0 aromatic rings. The van der Waals surface area contributed by atoms with Crippen LogP contribution in [-0.4, -0.2) is 34.1 Å². The Bertz CT molecular complexity index is 137. The Kier molecular flexibility index (Phi) is 2.52. The summed E-state index contributed by atoms with van der Waals surface area (Å²) >= 11 is 0. The summed E-state index contributed by atoms with van der Waals surface area (Å²) in [6, 6.07) is 0. The van der Waals surface area contributed by atoms with Crippen LogP contribution in [0, 0.1) is 5.92 Å². The van der Waals surface area contributed by atoms with Gasteiger partial charge in [-0.05, 0) is 31.6 Å². The highest BCUT2D eigenvalue weighted by Gasteiger charge is 2.50. The molecule has 0 heterocycles. The molecule has 66 valence electrons. The second-order valence-corrected chi connectivity index (χ2v) is 3.46. The Balaban J connectivity index is 0.000000281. The predicted molar refractivity (Wildman–Crippen MR) is 41.1 cm³/mol. The molecule has 3 nitrogen and oxygen atoms in total. The van der Waals surface area contributed by atoms with E-state index in [4.69, 9.17) is 5.11 Å². The van der Waals surface area contributed by atoms with Crippen molar-refractivity contribution in [2.45, 2.75) is 37.4 Å². The van der Waals surface area contributed by atoms with Crippen molar-refractivity contribution in [1.82, 2.24) is 0 Å². The largest absolute Gasteiger partial charge is 0.400 e. The van der Waals surface area contributed by atoms with Gasteiger partial charge in [0, 0.05) is 7.11 Å². The zero-order valence-corrected chi connectivity index (χ0v) is 6.82. The molecule has 0 spiro atoms. The fourth-order valence-corrected chi connectivity index (χ4v) is 2.20. The second kappa shape index (κ2) is 3.09. The molecule has 2 rings (SSSR count). The maximum Gasteiger partial charge on any atom is 0.0908 e. The van der Waals surface area contributed by atoms with Crippen molar-refractivity contribution in [1.29, 1.82) is 0 Å². The van der Waals surface area contributed by atoms with Gasteiger partial charge in [-0.15, -0.1) is 0 Å². The monoisotopic (exact) mass is 160 g/mol. The van der Waals surface area contributed by atoms with E-state index >= 15 is 0 Å². The maximum atomic E-state index is 9.56. The highest BCUT2D eigenvalue weighted by Crippen LogP contribution is 2.47. The number of rotatable bonds is 0. The lowest BCUT2D eigenvalue weighted by atomic mass is 9.94. The summed E-state index contributed by atoms with van der Waals surface area (Å²) in [7, 11) is 1.00. The molecule has 3 heteroatoms. The van der Waals surface area contributed by atoms with Gasteiger partial charge in [-0.2, -0.15) is 0 Å². The molecular formula is C8H16O3. The number of hydrogen-bond donors (Lipinski definition) is 3. The lowest BCUT2D eigenvalue weighted by Gasteiger charge is -2.24. The summed E-state index contributed by atoms with van der Waals surface area (Å²) in [5, 5.41) is 25.8. The highest BCUT2D eigenvalue weighted by atomic mass is 16.3. The maximum absolute atomic E-state index is 9.56. The summed E-state index contributed by atoms with van der Waals surface area (Å²) in [6.07, 6.45) is 3.19. The number of fused-ring (bicyclic) bond motifs is 2. The molecule has 0 saturated heterocycles. The van der Waals surface area contributed by atoms with Gasteiger partial charge in [0.2, 0.25) is 0 Å². The molecule has 2 fully saturated rings. The average molecular weight is 160 g/mol. The topological polar surface area (TPSA) is 60.7 Å². The van der Waals surface area contributed by atoms with Crippen LogP contribution >= 0.6 is 0 Å². The SMILES string of the molecule is CO.OC1CC2CCC1(O)C2. The van der Waals surface area contributed by atoms with Crippen molar-refractivity contribution in [2.24, 2.45) is 5.92 Å². The summed E-state index contributed by atoms with van der Waals surface area (Å²) in [6.45, 7) is 0. The smallest absolute Gasteiger partial charge is 0.0908 e. The standard InChI is InChI=1S/C7H12O2.CH4O/c8-6-3-5-1-2-7(6,9)4-5;1-2/h5-6,8-9H,1-4H2;2H,1H3. The molecule has 0 radical (unpaired) electrons. The summed E-state index contributed by atoms with van der Waals surface area (Å²) < 4.78 is 0. The van der Waals surface area contributed by atoms with E-state index in [1.54, 1.807) is 0 Å². The van der Waals surface area contributed by atoms with Crippen LogP contribution in [0.5, 0.6) is 0 Å². The molecule has 0 amide bonds. The van der Waals surface area contributed by atoms with Crippen molar-refractivity contribution in [3.63, 3.8) is 0 Å². The summed E-state index contributed by atoms with van der Waals surface area (Å²) in [5.74, 6) is 0.616. The normalized spacial score (nSPS) is 46.9. The van der Waals surface area contributed by atoms with Gasteiger partial charge in [0.15, 0.2) is 0 Å². The highest BCUT2D eigenvalue weighted by molar-refractivity contribution is 5.02. The van der Waals surface area contributed by atoms with E-state index in [1.807, 2.05) is 0 Å². The Morgan fingerprint density at radius 2 is 2.00 bits per heavy atom. The van der Waals surface area contributed by atoms with Gasteiger partial charge in [0.05, 0.1) is 11.7 Å². The van der Waals surface area contributed by atoms with Crippen LogP contribution in [0.4, 0.5) is 0 Å².